The van der Waals surface area contributed by atoms with Crippen LogP contribution in [0.5, 0.6) is 0 Å². The molecule has 0 bridgehead atoms. The first-order valence-electron chi connectivity index (χ1n) is 11.2. The van der Waals surface area contributed by atoms with Gasteiger partial charge in [0, 0.05) is 25.7 Å². The second-order valence-electron chi connectivity index (χ2n) is 9.89. The Balaban J connectivity index is 1.68. The van der Waals surface area contributed by atoms with Crippen molar-refractivity contribution in [1.29, 1.82) is 0 Å². The SMILES string of the molecule is CC(C)(C)OC(=O)NCC1OC(C)(C)OC1CCn1cc([C@H]2CC(=O)[C@@H](CO)O2)c(=O)[nH]c1=O. The topological polar surface area (TPSA) is 158 Å². The first kappa shape index (κ1) is 26.1. The van der Waals surface area contributed by atoms with Crippen molar-refractivity contribution in [2.75, 3.05) is 13.2 Å². The summed E-state index contributed by atoms with van der Waals surface area (Å²) in [5.41, 5.74) is -1.75. The third kappa shape index (κ3) is 6.53. The maximum Gasteiger partial charge on any atom is 0.407 e. The number of carbonyl (C=O) groups is 2. The van der Waals surface area contributed by atoms with Gasteiger partial charge < -0.3 is 33.9 Å². The third-order valence-corrected chi connectivity index (χ3v) is 5.41. The zero-order chi connectivity index (χ0) is 25.3. The number of aromatic amines is 1. The molecule has 2 unspecified atom stereocenters. The van der Waals surface area contributed by atoms with Gasteiger partial charge >= 0.3 is 11.8 Å². The van der Waals surface area contributed by atoms with E-state index < -0.39 is 59.8 Å². The number of ketones is 1. The molecule has 3 rings (SSSR count). The lowest BCUT2D eigenvalue weighted by atomic mass is 10.1. The van der Waals surface area contributed by atoms with Crippen molar-refractivity contribution in [2.24, 2.45) is 0 Å². The molecule has 0 radical (unpaired) electrons. The molecule has 0 saturated carbocycles. The number of aliphatic hydroxyl groups is 1. The quantitative estimate of drug-likeness (QED) is 0.498. The van der Waals surface area contributed by atoms with Gasteiger partial charge in [-0.2, -0.15) is 0 Å². The van der Waals surface area contributed by atoms with Gasteiger partial charge in [-0.05, 0) is 41.0 Å². The first-order valence-corrected chi connectivity index (χ1v) is 11.2. The lowest BCUT2D eigenvalue weighted by Crippen LogP contribution is -2.41. The monoisotopic (exact) mass is 483 g/mol. The molecule has 2 saturated heterocycles. The average Bonchev–Trinajstić information content (AvgIpc) is 3.22. The maximum atomic E-state index is 12.4. The molecule has 4 atom stereocenters. The van der Waals surface area contributed by atoms with E-state index in [-0.39, 0.29) is 30.9 Å². The molecule has 34 heavy (non-hydrogen) atoms. The lowest BCUT2D eigenvalue weighted by Gasteiger charge is -2.22. The van der Waals surface area contributed by atoms with Crippen molar-refractivity contribution in [1.82, 2.24) is 14.9 Å². The highest BCUT2D eigenvalue weighted by Gasteiger charge is 2.41. The third-order valence-electron chi connectivity index (χ3n) is 5.41. The summed E-state index contributed by atoms with van der Waals surface area (Å²) in [6, 6.07) is 0. The van der Waals surface area contributed by atoms with E-state index in [2.05, 4.69) is 10.3 Å². The highest BCUT2D eigenvalue weighted by molar-refractivity contribution is 5.85. The Labute approximate surface area is 196 Å². The van der Waals surface area contributed by atoms with E-state index in [9.17, 15) is 24.3 Å². The number of nitrogens with one attached hydrogen (secondary N) is 2. The predicted molar refractivity (Wildman–Crippen MR) is 118 cm³/mol. The Morgan fingerprint density at radius 3 is 2.56 bits per heavy atom. The van der Waals surface area contributed by atoms with E-state index in [0.29, 0.717) is 6.42 Å². The maximum absolute atomic E-state index is 12.4. The largest absolute Gasteiger partial charge is 0.444 e. The number of aliphatic hydroxyl groups excluding tert-OH is 1. The minimum Gasteiger partial charge on any atom is -0.444 e. The minimum absolute atomic E-state index is 0.0569. The number of nitrogens with zero attached hydrogens (tertiary/aromatic N) is 1. The zero-order valence-electron chi connectivity index (χ0n) is 20.1. The lowest BCUT2D eigenvalue weighted by molar-refractivity contribution is -0.146. The molecule has 2 aliphatic rings. The van der Waals surface area contributed by atoms with Crippen molar-refractivity contribution in [2.45, 2.75) is 89.8 Å². The number of ether oxygens (including phenoxy) is 4. The fourth-order valence-electron chi connectivity index (χ4n) is 3.98. The molecule has 3 heterocycles. The number of rotatable bonds is 7. The van der Waals surface area contributed by atoms with Crippen LogP contribution in [-0.2, 0) is 30.3 Å². The number of hydrogen-bond donors (Lipinski definition) is 3. The molecule has 190 valence electrons. The molecule has 1 aromatic rings. The Morgan fingerprint density at radius 2 is 1.94 bits per heavy atom. The fraction of sp³-hybridized carbons (Fsp3) is 0.727. The smallest absolute Gasteiger partial charge is 0.407 e. The van der Waals surface area contributed by atoms with Crippen LogP contribution in [0.1, 0.15) is 59.1 Å². The predicted octanol–water partition coefficient (Wildman–Crippen LogP) is 0.363. The van der Waals surface area contributed by atoms with E-state index in [1.54, 1.807) is 34.6 Å². The summed E-state index contributed by atoms with van der Waals surface area (Å²) in [6.07, 6.45) is -1.67. The Kier molecular flexibility index (Phi) is 7.65. The normalized spacial score (nSPS) is 26.6. The van der Waals surface area contributed by atoms with Gasteiger partial charge in [0.2, 0.25) is 0 Å². The van der Waals surface area contributed by atoms with Crippen molar-refractivity contribution in [3.05, 3.63) is 32.6 Å². The molecule has 12 heteroatoms. The van der Waals surface area contributed by atoms with Crippen LogP contribution in [0.4, 0.5) is 4.79 Å². The van der Waals surface area contributed by atoms with Gasteiger partial charge in [0.05, 0.1) is 24.4 Å². The van der Waals surface area contributed by atoms with Crippen LogP contribution in [0.15, 0.2) is 15.8 Å². The van der Waals surface area contributed by atoms with Crippen LogP contribution in [0.3, 0.4) is 0 Å². The number of amides is 1. The fourth-order valence-corrected chi connectivity index (χ4v) is 3.98. The van der Waals surface area contributed by atoms with Gasteiger partial charge in [0.25, 0.3) is 5.56 Å². The Morgan fingerprint density at radius 1 is 1.26 bits per heavy atom. The number of H-pyrrole nitrogens is 1. The number of Topliss-reactive ketones (excluding diaryl/α,β-unsaturated/α-hetero) is 1. The molecule has 1 amide bonds. The molecule has 0 aliphatic carbocycles. The van der Waals surface area contributed by atoms with Crippen LogP contribution >= 0.6 is 0 Å². The van der Waals surface area contributed by atoms with Gasteiger partial charge in [-0.25, -0.2) is 9.59 Å². The molecule has 1 aromatic heterocycles. The molecular weight excluding hydrogens is 450 g/mol. The van der Waals surface area contributed by atoms with Crippen LogP contribution in [-0.4, -0.2) is 69.4 Å². The van der Waals surface area contributed by atoms with Gasteiger partial charge in [-0.1, -0.05) is 0 Å². The minimum atomic E-state index is -0.978. The molecule has 0 aromatic carbocycles. The van der Waals surface area contributed by atoms with Crippen LogP contribution < -0.4 is 16.6 Å². The second kappa shape index (κ2) is 9.98. The number of aromatic nitrogens is 2. The van der Waals surface area contributed by atoms with Crippen LogP contribution in [0, 0.1) is 0 Å². The van der Waals surface area contributed by atoms with E-state index in [4.69, 9.17) is 18.9 Å². The molecule has 3 N–H and O–H groups in total. The molecule has 2 aliphatic heterocycles. The van der Waals surface area contributed by atoms with E-state index >= 15 is 0 Å². The molecule has 2 fully saturated rings. The van der Waals surface area contributed by atoms with Crippen LogP contribution in [0.2, 0.25) is 0 Å². The van der Waals surface area contributed by atoms with Crippen LogP contribution in [0.25, 0.3) is 0 Å². The zero-order valence-corrected chi connectivity index (χ0v) is 20.1. The first-order chi connectivity index (χ1) is 15.8. The molecule has 0 spiro atoms. The number of alkyl carbamates (subject to hydrolysis) is 1. The second-order valence-corrected chi connectivity index (χ2v) is 9.89. The molecular formula is C22H33N3O9. The summed E-state index contributed by atoms with van der Waals surface area (Å²) in [5, 5.41) is 11.9. The highest BCUT2D eigenvalue weighted by atomic mass is 16.8. The van der Waals surface area contributed by atoms with Crippen molar-refractivity contribution in [3.8, 4) is 0 Å². The highest BCUT2D eigenvalue weighted by Crippen LogP contribution is 2.30. The van der Waals surface area contributed by atoms with E-state index in [1.807, 2.05) is 0 Å². The summed E-state index contributed by atoms with van der Waals surface area (Å²) in [6.45, 7) is 8.66. The Hall–Kier alpha value is -2.54. The van der Waals surface area contributed by atoms with Crippen molar-refractivity contribution < 1.29 is 33.6 Å². The molecule has 12 nitrogen and oxygen atoms in total. The summed E-state index contributed by atoms with van der Waals surface area (Å²) in [4.78, 5) is 50.8. The van der Waals surface area contributed by atoms with Gasteiger partial charge in [0.1, 0.15) is 17.8 Å². The summed E-state index contributed by atoms with van der Waals surface area (Å²) in [5.74, 6) is -1.19. The summed E-state index contributed by atoms with van der Waals surface area (Å²) >= 11 is 0. The Bertz CT molecular complexity index is 1020. The van der Waals surface area contributed by atoms with Gasteiger partial charge in [-0.15, -0.1) is 0 Å². The summed E-state index contributed by atoms with van der Waals surface area (Å²) < 4.78 is 23.9. The number of aryl methyl sites for hydroxylation is 1. The number of hydrogen-bond acceptors (Lipinski definition) is 9. The van der Waals surface area contributed by atoms with Gasteiger partial charge in [0.15, 0.2) is 11.6 Å². The van der Waals surface area contributed by atoms with E-state index in [0.717, 1.165) is 0 Å². The average molecular weight is 484 g/mol. The van der Waals surface area contributed by atoms with Crippen molar-refractivity contribution in [3.63, 3.8) is 0 Å². The summed E-state index contributed by atoms with van der Waals surface area (Å²) in [7, 11) is 0. The standard InChI is InChI=1S/C22H33N3O9/c1-21(2,3)34-20(30)23-9-16-14(32-22(4,5)33-16)6-7-25-10-12(18(28)24-19(25)29)15-8-13(27)17(11-26)31-15/h10,14-17,26H,6-9,11H2,1-5H3,(H,23,30)(H,24,28,29)/t14?,15-,16?,17-/m1/s1. The van der Waals surface area contributed by atoms with Gasteiger partial charge in [-0.3, -0.25) is 14.6 Å². The van der Waals surface area contributed by atoms with Crippen molar-refractivity contribution >= 4 is 11.9 Å². The number of carbonyl (C=O) groups excluding carboxylic acids is 2. The van der Waals surface area contributed by atoms with E-state index in [1.165, 1.54) is 10.8 Å².